The number of anilines is 1. The van der Waals surface area contributed by atoms with Gasteiger partial charge in [-0.25, -0.2) is 4.98 Å². The summed E-state index contributed by atoms with van der Waals surface area (Å²) in [5.74, 6) is 0. The molecule has 0 saturated heterocycles. The minimum absolute atomic E-state index is 0.325. The van der Waals surface area contributed by atoms with E-state index in [0.29, 0.717) is 6.54 Å². The molecule has 0 radical (unpaired) electrons. The van der Waals surface area contributed by atoms with Crippen molar-refractivity contribution < 1.29 is 5.11 Å². The van der Waals surface area contributed by atoms with E-state index in [1.165, 1.54) is 4.88 Å². The lowest BCUT2D eigenvalue weighted by molar-refractivity contribution is 0.208. The zero-order valence-electron chi connectivity index (χ0n) is 7.59. The molecule has 0 aliphatic carbocycles. The van der Waals surface area contributed by atoms with Gasteiger partial charge in [0.25, 0.3) is 0 Å². The molecule has 1 heterocycles. The standard InChI is InChI=1S/C8H14N2OS/c1-5(11)4-9-8-10-6(2)7(3)12-8/h5,11H,4H2,1-3H3,(H,9,10). The molecule has 12 heavy (non-hydrogen) atoms. The number of aryl methyl sites for hydroxylation is 2. The summed E-state index contributed by atoms with van der Waals surface area (Å²) < 4.78 is 0. The van der Waals surface area contributed by atoms with Gasteiger partial charge >= 0.3 is 0 Å². The molecular formula is C8H14N2OS. The molecule has 1 unspecified atom stereocenters. The minimum Gasteiger partial charge on any atom is -0.392 e. The fourth-order valence-electron chi connectivity index (χ4n) is 0.783. The third-order valence-corrected chi connectivity index (χ3v) is 2.61. The maximum Gasteiger partial charge on any atom is 0.183 e. The van der Waals surface area contributed by atoms with Crippen molar-refractivity contribution in [1.82, 2.24) is 4.98 Å². The van der Waals surface area contributed by atoms with E-state index in [9.17, 15) is 0 Å². The molecule has 3 nitrogen and oxygen atoms in total. The van der Waals surface area contributed by atoms with Gasteiger partial charge in [-0.2, -0.15) is 0 Å². The van der Waals surface area contributed by atoms with Crippen LogP contribution in [0.15, 0.2) is 0 Å². The number of aliphatic hydroxyl groups excluding tert-OH is 1. The van der Waals surface area contributed by atoms with Crippen LogP contribution in [0.25, 0.3) is 0 Å². The molecule has 1 aromatic heterocycles. The number of nitrogens with zero attached hydrogens (tertiary/aromatic N) is 1. The second-order valence-electron chi connectivity index (χ2n) is 2.89. The van der Waals surface area contributed by atoms with Gasteiger partial charge in [-0.05, 0) is 20.8 Å². The quantitative estimate of drug-likeness (QED) is 0.753. The Kier molecular flexibility index (Phi) is 3.05. The van der Waals surface area contributed by atoms with Crippen molar-refractivity contribution in [2.24, 2.45) is 0 Å². The average molecular weight is 186 g/mol. The smallest absolute Gasteiger partial charge is 0.183 e. The van der Waals surface area contributed by atoms with Crippen LogP contribution in [0.1, 0.15) is 17.5 Å². The number of hydrogen-bond donors (Lipinski definition) is 2. The highest BCUT2D eigenvalue weighted by Gasteiger charge is 2.03. The van der Waals surface area contributed by atoms with Gasteiger partial charge in [-0.15, -0.1) is 11.3 Å². The van der Waals surface area contributed by atoms with Crippen molar-refractivity contribution in [1.29, 1.82) is 0 Å². The highest BCUT2D eigenvalue weighted by atomic mass is 32.1. The molecule has 0 aliphatic rings. The van der Waals surface area contributed by atoms with Gasteiger partial charge in [-0.3, -0.25) is 0 Å². The third kappa shape index (κ3) is 2.46. The summed E-state index contributed by atoms with van der Waals surface area (Å²) in [5.41, 5.74) is 1.06. The number of aliphatic hydroxyl groups is 1. The molecule has 0 aliphatic heterocycles. The summed E-state index contributed by atoms with van der Waals surface area (Å²) in [4.78, 5) is 5.50. The first-order valence-electron chi connectivity index (χ1n) is 3.95. The van der Waals surface area contributed by atoms with E-state index in [1.807, 2.05) is 13.8 Å². The van der Waals surface area contributed by atoms with Gasteiger partial charge in [-0.1, -0.05) is 0 Å². The van der Waals surface area contributed by atoms with E-state index in [0.717, 1.165) is 10.8 Å². The highest BCUT2D eigenvalue weighted by molar-refractivity contribution is 7.15. The minimum atomic E-state index is -0.325. The molecule has 0 spiro atoms. The number of nitrogens with one attached hydrogen (secondary N) is 1. The summed E-state index contributed by atoms with van der Waals surface area (Å²) in [6.45, 7) is 6.34. The van der Waals surface area contributed by atoms with Crippen molar-refractivity contribution in [3.63, 3.8) is 0 Å². The van der Waals surface area contributed by atoms with E-state index in [1.54, 1.807) is 18.3 Å². The number of thiazole rings is 1. The fraction of sp³-hybridized carbons (Fsp3) is 0.625. The van der Waals surface area contributed by atoms with E-state index in [2.05, 4.69) is 10.3 Å². The third-order valence-electron chi connectivity index (χ3n) is 1.58. The lowest BCUT2D eigenvalue weighted by Gasteiger charge is -2.03. The Bertz CT molecular complexity index is 238. The Hall–Kier alpha value is -0.610. The molecule has 0 aromatic carbocycles. The van der Waals surface area contributed by atoms with Crippen LogP contribution in [0.5, 0.6) is 0 Å². The van der Waals surface area contributed by atoms with Crippen LogP contribution < -0.4 is 5.32 Å². The zero-order chi connectivity index (χ0) is 9.14. The topological polar surface area (TPSA) is 45.2 Å². The maximum atomic E-state index is 9.00. The monoisotopic (exact) mass is 186 g/mol. The highest BCUT2D eigenvalue weighted by Crippen LogP contribution is 2.20. The van der Waals surface area contributed by atoms with Crippen LogP contribution in [0, 0.1) is 13.8 Å². The summed E-state index contributed by atoms with van der Waals surface area (Å²) in [6.07, 6.45) is -0.325. The van der Waals surface area contributed by atoms with Crippen LogP contribution in [-0.4, -0.2) is 22.7 Å². The van der Waals surface area contributed by atoms with Crippen LogP contribution in [-0.2, 0) is 0 Å². The SMILES string of the molecule is Cc1nc(NCC(C)O)sc1C. The summed E-state index contributed by atoms with van der Waals surface area (Å²) >= 11 is 1.62. The molecule has 0 bridgehead atoms. The van der Waals surface area contributed by atoms with Gasteiger partial charge in [0, 0.05) is 11.4 Å². The molecule has 1 atom stereocenters. The Labute approximate surface area is 76.5 Å². The Morgan fingerprint density at radius 1 is 1.58 bits per heavy atom. The van der Waals surface area contributed by atoms with Crippen molar-refractivity contribution in [2.75, 3.05) is 11.9 Å². The molecule has 2 N–H and O–H groups in total. The Balaban J connectivity index is 2.53. The van der Waals surface area contributed by atoms with Gasteiger partial charge in [0.1, 0.15) is 0 Å². The molecule has 1 rings (SSSR count). The Morgan fingerprint density at radius 2 is 2.25 bits per heavy atom. The molecule has 0 fully saturated rings. The van der Waals surface area contributed by atoms with Crippen LogP contribution >= 0.6 is 11.3 Å². The van der Waals surface area contributed by atoms with Gasteiger partial charge < -0.3 is 10.4 Å². The van der Waals surface area contributed by atoms with Crippen molar-refractivity contribution in [3.8, 4) is 0 Å². The molecular weight excluding hydrogens is 172 g/mol. The predicted molar refractivity (Wildman–Crippen MR) is 51.8 cm³/mol. The first kappa shape index (κ1) is 9.48. The zero-order valence-corrected chi connectivity index (χ0v) is 8.40. The summed E-state index contributed by atoms with van der Waals surface area (Å²) in [5, 5.41) is 13.0. The first-order valence-corrected chi connectivity index (χ1v) is 4.77. The molecule has 1 aromatic rings. The number of aromatic nitrogens is 1. The van der Waals surface area contributed by atoms with Crippen LogP contribution in [0.2, 0.25) is 0 Å². The van der Waals surface area contributed by atoms with E-state index >= 15 is 0 Å². The number of rotatable bonds is 3. The molecule has 68 valence electrons. The lowest BCUT2D eigenvalue weighted by Crippen LogP contribution is -2.14. The van der Waals surface area contributed by atoms with E-state index < -0.39 is 0 Å². The van der Waals surface area contributed by atoms with E-state index in [-0.39, 0.29) is 6.10 Å². The second-order valence-corrected chi connectivity index (χ2v) is 4.09. The molecule has 0 amide bonds. The van der Waals surface area contributed by atoms with Crippen molar-refractivity contribution in [3.05, 3.63) is 10.6 Å². The predicted octanol–water partition coefficient (Wildman–Crippen LogP) is 1.55. The average Bonchev–Trinajstić information content (AvgIpc) is 2.28. The normalized spacial score (nSPS) is 13.0. The second kappa shape index (κ2) is 3.87. The van der Waals surface area contributed by atoms with Gasteiger partial charge in [0.05, 0.1) is 11.8 Å². The molecule has 4 heteroatoms. The summed E-state index contributed by atoms with van der Waals surface area (Å²) in [7, 11) is 0. The fourth-order valence-corrected chi connectivity index (χ4v) is 1.60. The number of hydrogen-bond acceptors (Lipinski definition) is 4. The van der Waals surface area contributed by atoms with E-state index in [4.69, 9.17) is 5.11 Å². The van der Waals surface area contributed by atoms with Crippen molar-refractivity contribution >= 4 is 16.5 Å². The largest absolute Gasteiger partial charge is 0.392 e. The van der Waals surface area contributed by atoms with Crippen molar-refractivity contribution in [2.45, 2.75) is 26.9 Å². The van der Waals surface area contributed by atoms with Gasteiger partial charge in [0.2, 0.25) is 0 Å². The van der Waals surface area contributed by atoms with Gasteiger partial charge in [0.15, 0.2) is 5.13 Å². The van der Waals surface area contributed by atoms with Crippen LogP contribution in [0.4, 0.5) is 5.13 Å². The lowest BCUT2D eigenvalue weighted by atomic mass is 10.4. The summed E-state index contributed by atoms with van der Waals surface area (Å²) in [6, 6.07) is 0. The molecule has 0 saturated carbocycles. The first-order chi connectivity index (χ1) is 5.59. The maximum absolute atomic E-state index is 9.00. The Morgan fingerprint density at radius 3 is 2.67 bits per heavy atom. The van der Waals surface area contributed by atoms with Crippen LogP contribution in [0.3, 0.4) is 0 Å².